The Morgan fingerprint density at radius 2 is 1.79 bits per heavy atom. The molecule has 0 saturated heterocycles. The summed E-state index contributed by atoms with van der Waals surface area (Å²) in [5.74, 6) is 1.98. The SMILES string of the molecule is CCCC1CCC([C]2CCC(OC)C(F)C2F)CC1. The summed E-state index contributed by atoms with van der Waals surface area (Å²) in [6.07, 6.45) is 4.99. The molecule has 0 aromatic carbocycles. The van der Waals surface area contributed by atoms with Crippen LogP contribution in [-0.2, 0) is 4.74 Å². The topological polar surface area (TPSA) is 9.23 Å². The van der Waals surface area contributed by atoms with Gasteiger partial charge in [-0.15, -0.1) is 0 Å². The molecule has 1 nitrogen and oxygen atoms in total. The predicted octanol–water partition coefficient (Wildman–Crippen LogP) is 4.65. The lowest BCUT2D eigenvalue weighted by molar-refractivity contribution is -0.0319. The monoisotopic (exact) mass is 273 g/mol. The molecule has 1 radical (unpaired) electrons. The summed E-state index contributed by atoms with van der Waals surface area (Å²) < 4.78 is 33.2. The minimum absolute atomic E-state index is 0.319. The standard InChI is InChI=1S/C16H27F2O/c1-3-4-11-5-7-12(8-6-11)13-9-10-14(19-2)16(18)15(13)17/h11-12,14-16H,3-10H2,1-2H3. The second-order valence-electron chi connectivity index (χ2n) is 6.24. The predicted molar refractivity (Wildman–Crippen MR) is 73.4 cm³/mol. The van der Waals surface area contributed by atoms with Gasteiger partial charge in [0.2, 0.25) is 0 Å². The molecule has 2 saturated carbocycles. The molecule has 19 heavy (non-hydrogen) atoms. The van der Waals surface area contributed by atoms with Gasteiger partial charge in [0, 0.05) is 13.0 Å². The lowest BCUT2D eigenvalue weighted by Crippen LogP contribution is -2.44. The maximum absolute atomic E-state index is 14.2. The molecule has 3 heteroatoms. The number of hydrogen-bond acceptors (Lipinski definition) is 1. The number of ether oxygens (including phenoxy) is 1. The van der Waals surface area contributed by atoms with E-state index in [0.717, 1.165) is 24.7 Å². The average molecular weight is 273 g/mol. The summed E-state index contributed by atoms with van der Waals surface area (Å²) in [6, 6.07) is 0. The molecule has 2 aliphatic rings. The van der Waals surface area contributed by atoms with Crippen molar-refractivity contribution in [1.29, 1.82) is 0 Å². The molecule has 0 aromatic rings. The smallest absolute Gasteiger partial charge is 0.158 e. The van der Waals surface area contributed by atoms with E-state index in [1.54, 1.807) is 0 Å². The van der Waals surface area contributed by atoms with E-state index in [0.29, 0.717) is 18.8 Å². The highest BCUT2D eigenvalue weighted by Gasteiger charge is 2.44. The van der Waals surface area contributed by atoms with Crippen molar-refractivity contribution in [3.05, 3.63) is 5.92 Å². The fourth-order valence-corrected chi connectivity index (χ4v) is 3.91. The van der Waals surface area contributed by atoms with Crippen LogP contribution in [0, 0.1) is 17.8 Å². The molecular formula is C16H27F2O. The van der Waals surface area contributed by atoms with Gasteiger partial charge in [-0.1, -0.05) is 32.6 Å². The van der Waals surface area contributed by atoms with Gasteiger partial charge in [0.15, 0.2) is 6.17 Å². The Morgan fingerprint density at radius 1 is 1.11 bits per heavy atom. The van der Waals surface area contributed by atoms with Crippen LogP contribution in [0.4, 0.5) is 8.78 Å². The maximum Gasteiger partial charge on any atom is 0.158 e. The van der Waals surface area contributed by atoms with Crippen molar-refractivity contribution >= 4 is 0 Å². The van der Waals surface area contributed by atoms with E-state index in [2.05, 4.69) is 6.92 Å². The lowest BCUT2D eigenvalue weighted by atomic mass is 9.69. The Morgan fingerprint density at radius 3 is 2.37 bits per heavy atom. The number of halogens is 2. The number of alkyl halides is 2. The van der Waals surface area contributed by atoms with E-state index >= 15 is 0 Å². The lowest BCUT2D eigenvalue weighted by Gasteiger charge is -2.40. The van der Waals surface area contributed by atoms with Gasteiger partial charge in [-0.05, 0) is 37.5 Å². The normalized spacial score (nSPS) is 41.4. The fourth-order valence-electron chi connectivity index (χ4n) is 3.91. The molecule has 2 fully saturated rings. The molecule has 111 valence electrons. The van der Waals surface area contributed by atoms with Gasteiger partial charge in [-0.2, -0.15) is 0 Å². The third-order valence-corrected chi connectivity index (χ3v) is 5.08. The summed E-state index contributed by atoms with van der Waals surface area (Å²) in [7, 11) is 1.48. The molecule has 0 aliphatic heterocycles. The molecular weight excluding hydrogens is 246 g/mol. The van der Waals surface area contributed by atoms with Crippen LogP contribution in [0.15, 0.2) is 0 Å². The Kier molecular flexibility index (Phi) is 5.61. The first-order valence-corrected chi connectivity index (χ1v) is 7.83. The van der Waals surface area contributed by atoms with E-state index < -0.39 is 18.4 Å². The Balaban J connectivity index is 1.86. The van der Waals surface area contributed by atoms with E-state index in [1.165, 1.54) is 32.8 Å². The zero-order valence-corrected chi connectivity index (χ0v) is 12.2. The molecule has 0 bridgehead atoms. The van der Waals surface area contributed by atoms with Crippen molar-refractivity contribution in [3.63, 3.8) is 0 Å². The molecule has 0 heterocycles. The minimum Gasteiger partial charge on any atom is -0.378 e. The first kappa shape index (κ1) is 15.2. The summed E-state index contributed by atoms with van der Waals surface area (Å²) in [4.78, 5) is 0. The van der Waals surface area contributed by atoms with Crippen LogP contribution in [0.1, 0.15) is 58.3 Å². The van der Waals surface area contributed by atoms with E-state index in [-0.39, 0.29) is 0 Å². The van der Waals surface area contributed by atoms with Crippen LogP contribution >= 0.6 is 0 Å². The van der Waals surface area contributed by atoms with Gasteiger partial charge in [0.05, 0.1) is 6.10 Å². The Labute approximate surface area is 116 Å². The second kappa shape index (κ2) is 7.01. The molecule has 2 aliphatic carbocycles. The average Bonchev–Trinajstić information content (AvgIpc) is 2.43. The van der Waals surface area contributed by atoms with Crippen LogP contribution in [0.3, 0.4) is 0 Å². The largest absolute Gasteiger partial charge is 0.378 e. The Hall–Kier alpha value is -0.180. The molecule has 3 unspecified atom stereocenters. The third-order valence-electron chi connectivity index (χ3n) is 5.08. The van der Waals surface area contributed by atoms with Gasteiger partial charge < -0.3 is 4.74 Å². The molecule has 0 amide bonds. The van der Waals surface area contributed by atoms with Crippen LogP contribution < -0.4 is 0 Å². The maximum atomic E-state index is 14.2. The second-order valence-corrected chi connectivity index (χ2v) is 6.24. The van der Waals surface area contributed by atoms with Crippen LogP contribution in [0.2, 0.25) is 0 Å². The van der Waals surface area contributed by atoms with Crippen molar-refractivity contribution in [2.45, 2.75) is 76.7 Å². The van der Waals surface area contributed by atoms with E-state index in [4.69, 9.17) is 4.74 Å². The number of methoxy groups -OCH3 is 1. The van der Waals surface area contributed by atoms with Gasteiger partial charge in [0.1, 0.15) is 6.17 Å². The van der Waals surface area contributed by atoms with Gasteiger partial charge >= 0.3 is 0 Å². The summed E-state index contributed by atoms with van der Waals surface area (Å²) >= 11 is 0. The zero-order valence-electron chi connectivity index (χ0n) is 12.2. The van der Waals surface area contributed by atoms with Gasteiger partial charge in [-0.25, -0.2) is 8.78 Å². The summed E-state index contributed by atoms with van der Waals surface area (Å²) in [5, 5.41) is 0. The van der Waals surface area contributed by atoms with Crippen LogP contribution in [0.5, 0.6) is 0 Å². The molecule has 0 spiro atoms. The van der Waals surface area contributed by atoms with Crippen LogP contribution in [0.25, 0.3) is 0 Å². The number of hydrogen-bond donors (Lipinski definition) is 0. The van der Waals surface area contributed by atoms with Crippen molar-refractivity contribution in [2.75, 3.05) is 7.11 Å². The fraction of sp³-hybridized carbons (Fsp3) is 0.938. The summed E-state index contributed by atoms with van der Waals surface area (Å²) in [5.41, 5.74) is 0. The van der Waals surface area contributed by atoms with Gasteiger partial charge in [-0.3, -0.25) is 0 Å². The third kappa shape index (κ3) is 3.48. The van der Waals surface area contributed by atoms with E-state index in [9.17, 15) is 8.78 Å². The van der Waals surface area contributed by atoms with Crippen molar-refractivity contribution in [3.8, 4) is 0 Å². The highest BCUT2D eigenvalue weighted by Crippen LogP contribution is 2.44. The van der Waals surface area contributed by atoms with Crippen molar-refractivity contribution < 1.29 is 13.5 Å². The highest BCUT2D eigenvalue weighted by atomic mass is 19.2. The molecule has 0 N–H and O–H groups in total. The molecule has 0 aromatic heterocycles. The Bertz CT molecular complexity index is 263. The van der Waals surface area contributed by atoms with Crippen molar-refractivity contribution in [1.82, 2.24) is 0 Å². The highest BCUT2D eigenvalue weighted by molar-refractivity contribution is 5.11. The number of rotatable bonds is 4. The van der Waals surface area contributed by atoms with Gasteiger partial charge in [0.25, 0.3) is 0 Å². The van der Waals surface area contributed by atoms with Crippen molar-refractivity contribution in [2.24, 2.45) is 11.8 Å². The first-order chi connectivity index (χ1) is 9.17. The van der Waals surface area contributed by atoms with E-state index in [1.807, 2.05) is 0 Å². The molecule has 2 rings (SSSR count). The zero-order chi connectivity index (χ0) is 13.8. The first-order valence-electron chi connectivity index (χ1n) is 7.83. The van der Waals surface area contributed by atoms with Crippen LogP contribution in [-0.4, -0.2) is 25.6 Å². The quantitative estimate of drug-likeness (QED) is 0.724. The molecule has 3 atom stereocenters. The summed E-state index contributed by atoms with van der Waals surface area (Å²) in [6.45, 7) is 2.22. The minimum atomic E-state index is -1.46.